The highest BCUT2D eigenvalue weighted by atomic mass is 35.5. The summed E-state index contributed by atoms with van der Waals surface area (Å²) in [6.45, 7) is 4.57. The van der Waals surface area contributed by atoms with E-state index in [-0.39, 0.29) is 12.4 Å². The maximum Gasteiger partial charge on any atom is 0.0995 e. The summed E-state index contributed by atoms with van der Waals surface area (Å²) in [5.74, 6) is 0. The maximum absolute atomic E-state index is 9.28. The van der Waals surface area contributed by atoms with Gasteiger partial charge in [-0.25, -0.2) is 0 Å². The largest absolute Gasteiger partial charge is 0.399 e. The summed E-state index contributed by atoms with van der Waals surface area (Å²) in [6.07, 6.45) is 0. The van der Waals surface area contributed by atoms with Gasteiger partial charge in [-0.2, -0.15) is 10.4 Å². The zero-order valence-electron chi connectivity index (χ0n) is 12.5. The number of nitrogens with two attached hydrogens (primary N) is 1. The molecule has 0 bridgehead atoms. The SMILES string of the molecule is Cc1cccc(C#N)c1Cn1nc(C)c2ccc(N)cc21.Cl. The number of fused-ring (bicyclic) bond motifs is 1. The van der Waals surface area contributed by atoms with Crippen LogP contribution in [0.5, 0.6) is 0 Å². The first-order valence-corrected chi connectivity index (χ1v) is 6.81. The second kappa shape index (κ2) is 6.08. The Morgan fingerprint density at radius 3 is 2.73 bits per heavy atom. The third kappa shape index (κ3) is 2.63. The van der Waals surface area contributed by atoms with Gasteiger partial charge in [-0.05, 0) is 49.2 Å². The summed E-state index contributed by atoms with van der Waals surface area (Å²) >= 11 is 0. The lowest BCUT2D eigenvalue weighted by molar-refractivity contribution is 0.699. The van der Waals surface area contributed by atoms with Gasteiger partial charge in [0, 0.05) is 11.1 Å². The van der Waals surface area contributed by atoms with Crippen LogP contribution < -0.4 is 5.73 Å². The lowest BCUT2D eigenvalue weighted by Crippen LogP contribution is -2.05. The number of halogens is 1. The van der Waals surface area contributed by atoms with E-state index in [4.69, 9.17) is 5.73 Å². The number of aromatic nitrogens is 2. The quantitative estimate of drug-likeness (QED) is 0.735. The Bertz CT molecular complexity index is 874. The minimum absolute atomic E-state index is 0. The molecule has 0 aliphatic carbocycles. The molecule has 5 heteroatoms. The number of benzene rings is 2. The van der Waals surface area contributed by atoms with Crippen LogP contribution >= 0.6 is 12.4 Å². The molecule has 0 atom stereocenters. The van der Waals surface area contributed by atoms with Gasteiger partial charge < -0.3 is 5.73 Å². The van der Waals surface area contributed by atoms with E-state index in [9.17, 15) is 5.26 Å². The Balaban J connectivity index is 0.00000176. The van der Waals surface area contributed by atoms with Crippen LogP contribution in [0.1, 0.15) is 22.4 Å². The zero-order chi connectivity index (χ0) is 15.0. The Hall–Kier alpha value is -2.51. The van der Waals surface area contributed by atoms with Gasteiger partial charge in [-0.15, -0.1) is 12.4 Å². The molecule has 2 N–H and O–H groups in total. The molecule has 4 nitrogen and oxygen atoms in total. The van der Waals surface area contributed by atoms with Gasteiger partial charge in [0.25, 0.3) is 0 Å². The Kier molecular flexibility index (Phi) is 4.39. The molecule has 22 heavy (non-hydrogen) atoms. The molecule has 0 aliphatic rings. The minimum atomic E-state index is 0. The molecule has 0 aliphatic heterocycles. The highest BCUT2D eigenvalue weighted by Gasteiger charge is 2.11. The number of anilines is 1. The van der Waals surface area contributed by atoms with Crippen LogP contribution in [0.3, 0.4) is 0 Å². The normalized spacial score (nSPS) is 10.2. The van der Waals surface area contributed by atoms with E-state index in [1.807, 2.05) is 54.9 Å². The molecule has 0 unspecified atom stereocenters. The number of aryl methyl sites for hydroxylation is 2. The molecule has 1 heterocycles. The minimum Gasteiger partial charge on any atom is -0.399 e. The monoisotopic (exact) mass is 312 g/mol. The standard InChI is InChI=1S/C17H16N4.ClH/c1-11-4-3-5-13(9-18)16(11)10-21-17-8-14(19)6-7-15(17)12(2)20-21;/h3-8H,10,19H2,1-2H3;1H. The molecule has 0 radical (unpaired) electrons. The fraction of sp³-hybridized carbons (Fsp3) is 0.176. The van der Waals surface area contributed by atoms with E-state index < -0.39 is 0 Å². The number of rotatable bonds is 2. The molecule has 0 spiro atoms. The molecule has 0 saturated carbocycles. The van der Waals surface area contributed by atoms with E-state index in [1.165, 1.54) is 0 Å². The first kappa shape index (κ1) is 15.9. The number of hydrogen-bond acceptors (Lipinski definition) is 3. The first-order chi connectivity index (χ1) is 10.1. The number of nitrogen functional groups attached to an aromatic ring is 1. The van der Waals surface area contributed by atoms with Gasteiger partial charge in [-0.3, -0.25) is 4.68 Å². The molecule has 2 aromatic carbocycles. The first-order valence-electron chi connectivity index (χ1n) is 6.81. The van der Waals surface area contributed by atoms with Crippen LogP contribution in [-0.4, -0.2) is 9.78 Å². The van der Waals surface area contributed by atoms with Crippen molar-refractivity contribution in [2.45, 2.75) is 20.4 Å². The van der Waals surface area contributed by atoms with Crippen LogP contribution in [0.4, 0.5) is 5.69 Å². The third-order valence-electron chi connectivity index (χ3n) is 3.80. The van der Waals surface area contributed by atoms with Crippen LogP contribution in [0, 0.1) is 25.2 Å². The molecule has 3 aromatic rings. The van der Waals surface area contributed by atoms with E-state index in [2.05, 4.69) is 11.2 Å². The van der Waals surface area contributed by atoms with Gasteiger partial charge in [0.1, 0.15) is 0 Å². The van der Waals surface area contributed by atoms with Crippen molar-refractivity contribution in [2.75, 3.05) is 5.73 Å². The fourth-order valence-electron chi connectivity index (χ4n) is 2.64. The molecule has 112 valence electrons. The molecule has 0 saturated heterocycles. The molecule has 3 rings (SSSR count). The van der Waals surface area contributed by atoms with E-state index >= 15 is 0 Å². The Morgan fingerprint density at radius 2 is 2.00 bits per heavy atom. The summed E-state index contributed by atoms with van der Waals surface area (Å²) < 4.78 is 1.92. The van der Waals surface area contributed by atoms with Gasteiger partial charge in [-0.1, -0.05) is 12.1 Å². The molecular formula is C17H17ClN4. The summed E-state index contributed by atoms with van der Waals surface area (Å²) in [6, 6.07) is 13.8. The zero-order valence-corrected chi connectivity index (χ0v) is 13.3. The van der Waals surface area contributed by atoms with Crippen molar-refractivity contribution in [3.8, 4) is 6.07 Å². The second-order valence-electron chi connectivity index (χ2n) is 5.23. The molecular weight excluding hydrogens is 296 g/mol. The van der Waals surface area contributed by atoms with E-state index in [0.717, 1.165) is 27.7 Å². The highest BCUT2D eigenvalue weighted by molar-refractivity contribution is 5.85. The lowest BCUT2D eigenvalue weighted by Gasteiger charge is -2.09. The van der Waals surface area contributed by atoms with Gasteiger partial charge in [0.15, 0.2) is 0 Å². The van der Waals surface area contributed by atoms with Gasteiger partial charge in [0.2, 0.25) is 0 Å². The predicted octanol–water partition coefficient (Wildman–Crippen LogP) is 3.58. The Morgan fingerprint density at radius 1 is 1.23 bits per heavy atom. The van der Waals surface area contributed by atoms with E-state index in [0.29, 0.717) is 17.8 Å². The fourth-order valence-corrected chi connectivity index (χ4v) is 2.64. The molecule has 1 aromatic heterocycles. The Labute approximate surface area is 135 Å². The average molecular weight is 313 g/mol. The van der Waals surface area contributed by atoms with Crippen LogP contribution in [0.25, 0.3) is 10.9 Å². The summed E-state index contributed by atoms with van der Waals surface area (Å²) in [5.41, 5.74) is 11.4. The molecule has 0 amide bonds. The summed E-state index contributed by atoms with van der Waals surface area (Å²) in [5, 5.41) is 15.0. The maximum atomic E-state index is 9.28. The van der Waals surface area contributed by atoms with Crippen LogP contribution in [0.15, 0.2) is 36.4 Å². The summed E-state index contributed by atoms with van der Waals surface area (Å²) in [7, 11) is 0. The van der Waals surface area contributed by atoms with Crippen molar-refractivity contribution in [1.82, 2.24) is 9.78 Å². The topological polar surface area (TPSA) is 67.6 Å². The van der Waals surface area contributed by atoms with Crippen molar-refractivity contribution in [3.05, 3.63) is 58.8 Å². The third-order valence-corrected chi connectivity index (χ3v) is 3.80. The van der Waals surface area contributed by atoms with Crippen LogP contribution in [0.2, 0.25) is 0 Å². The van der Waals surface area contributed by atoms with Crippen molar-refractivity contribution in [1.29, 1.82) is 5.26 Å². The van der Waals surface area contributed by atoms with Crippen molar-refractivity contribution in [2.24, 2.45) is 0 Å². The van der Waals surface area contributed by atoms with Crippen molar-refractivity contribution in [3.63, 3.8) is 0 Å². The van der Waals surface area contributed by atoms with Gasteiger partial charge in [0.05, 0.1) is 29.4 Å². The lowest BCUT2D eigenvalue weighted by atomic mass is 10.0. The van der Waals surface area contributed by atoms with E-state index in [1.54, 1.807) is 0 Å². The average Bonchev–Trinajstić information content (AvgIpc) is 2.77. The highest BCUT2D eigenvalue weighted by Crippen LogP contribution is 2.23. The smallest absolute Gasteiger partial charge is 0.0995 e. The molecule has 0 fully saturated rings. The number of hydrogen-bond donors (Lipinski definition) is 1. The second-order valence-corrected chi connectivity index (χ2v) is 5.23. The summed E-state index contributed by atoms with van der Waals surface area (Å²) in [4.78, 5) is 0. The van der Waals surface area contributed by atoms with Gasteiger partial charge >= 0.3 is 0 Å². The van der Waals surface area contributed by atoms with Crippen molar-refractivity contribution >= 4 is 29.0 Å². The number of nitriles is 1. The van der Waals surface area contributed by atoms with Crippen LogP contribution in [-0.2, 0) is 6.54 Å². The number of nitrogens with zero attached hydrogens (tertiary/aromatic N) is 3. The predicted molar refractivity (Wildman–Crippen MR) is 91.1 cm³/mol. The van der Waals surface area contributed by atoms with Crippen molar-refractivity contribution < 1.29 is 0 Å².